The summed E-state index contributed by atoms with van der Waals surface area (Å²) in [7, 11) is 1.51. The highest BCUT2D eigenvalue weighted by molar-refractivity contribution is 6.37. The highest BCUT2D eigenvalue weighted by Gasteiger charge is 2.18. The first-order valence-corrected chi connectivity index (χ1v) is 9.30. The van der Waals surface area contributed by atoms with Crippen LogP contribution in [0.5, 0.6) is 11.6 Å². The van der Waals surface area contributed by atoms with Crippen molar-refractivity contribution >= 4 is 39.8 Å². The molecular formula is C19H12Cl2N4O5. The predicted molar refractivity (Wildman–Crippen MR) is 109 cm³/mol. The Balaban J connectivity index is 1.67. The van der Waals surface area contributed by atoms with Gasteiger partial charge in [-0.05, 0) is 29.8 Å². The van der Waals surface area contributed by atoms with Crippen LogP contribution in [0.15, 0.2) is 50.5 Å². The lowest BCUT2D eigenvalue weighted by Crippen LogP contribution is -2.20. The zero-order valence-electron chi connectivity index (χ0n) is 15.3. The summed E-state index contributed by atoms with van der Waals surface area (Å²) in [6, 6.07) is 9.86. The van der Waals surface area contributed by atoms with Gasteiger partial charge in [-0.1, -0.05) is 40.5 Å². The van der Waals surface area contributed by atoms with Gasteiger partial charge in [0.15, 0.2) is 5.75 Å². The minimum absolute atomic E-state index is 0.122. The summed E-state index contributed by atoms with van der Waals surface area (Å²) in [4.78, 5) is 37.6. The van der Waals surface area contributed by atoms with Crippen molar-refractivity contribution in [2.75, 3.05) is 0 Å². The number of fused-ring (bicyclic) bond motifs is 1. The number of aromatic nitrogens is 4. The van der Waals surface area contributed by atoms with Crippen LogP contribution in [0.4, 0.5) is 0 Å². The number of nitrogens with one attached hydrogen (secondary N) is 1. The number of rotatable bonds is 5. The van der Waals surface area contributed by atoms with E-state index in [0.29, 0.717) is 16.3 Å². The Kier molecular flexibility index (Phi) is 5.15. The number of halogens is 2. The Hall–Kier alpha value is -3.43. The molecule has 9 nitrogen and oxygen atoms in total. The third-order valence-corrected chi connectivity index (χ3v) is 4.81. The normalized spacial score (nSPS) is 11.0. The van der Waals surface area contributed by atoms with Gasteiger partial charge in [0.25, 0.3) is 5.56 Å². The Labute approximate surface area is 177 Å². The second-order valence-corrected chi connectivity index (χ2v) is 7.13. The lowest BCUT2D eigenvalue weighted by Gasteiger charge is -2.13. The van der Waals surface area contributed by atoms with Crippen LogP contribution in [-0.4, -0.2) is 25.7 Å². The summed E-state index contributed by atoms with van der Waals surface area (Å²) in [6.45, 7) is 0. The molecule has 0 bridgehead atoms. The number of carbonyl (C=O) groups is 1. The molecule has 0 unspecified atom stereocenters. The number of benzene rings is 2. The maximum absolute atomic E-state index is 12.3. The molecule has 152 valence electrons. The summed E-state index contributed by atoms with van der Waals surface area (Å²) in [5.74, 6) is -1.22. The van der Waals surface area contributed by atoms with Crippen molar-refractivity contribution < 1.29 is 14.1 Å². The number of hydrogen-bond acceptors (Lipinski definition) is 7. The predicted octanol–water partition coefficient (Wildman–Crippen LogP) is 3.13. The van der Waals surface area contributed by atoms with E-state index in [4.69, 9.17) is 27.9 Å². The van der Waals surface area contributed by atoms with Gasteiger partial charge >= 0.3 is 5.76 Å². The van der Waals surface area contributed by atoms with E-state index in [1.165, 1.54) is 19.2 Å². The summed E-state index contributed by atoms with van der Waals surface area (Å²) < 4.78 is 11.3. The molecule has 0 spiro atoms. The van der Waals surface area contributed by atoms with Crippen molar-refractivity contribution in [2.24, 2.45) is 7.05 Å². The quantitative estimate of drug-likeness (QED) is 0.467. The van der Waals surface area contributed by atoms with E-state index in [2.05, 4.69) is 19.8 Å². The van der Waals surface area contributed by atoms with E-state index in [1.807, 2.05) is 0 Å². The van der Waals surface area contributed by atoms with Crippen LogP contribution >= 0.6 is 23.2 Å². The van der Waals surface area contributed by atoms with Crippen LogP contribution in [-0.2, 0) is 13.5 Å². The maximum Gasteiger partial charge on any atom is 0.439 e. The summed E-state index contributed by atoms with van der Waals surface area (Å²) in [6.07, 6.45) is -0.122. The topological polar surface area (TPSA) is 120 Å². The van der Waals surface area contributed by atoms with Crippen molar-refractivity contribution in [3.05, 3.63) is 78.7 Å². The second-order valence-electron chi connectivity index (χ2n) is 6.31. The Morgan fingerprint density at radius 2 is 1.83 bits per heavy atom. The maximum atomic E-state index is 12.3. The molecule has 2 aromatic carbocycles. The van der Waals surface area contributed by atoms with E-state index < -0.39 is 11.5 Å². The lowest BCUT2D eigenvalue weighted by molar-refractivity contribution is 0.0980. The molecule has 0 atom stereocenters. The van der Waals surface area contributed by atoms with Crippen molar-refractivity contribution in [3.8, 4) is 11.6 Å². The van der Waals surface area contributed by atoms with Gasteiger partial charge in [-0.25, -0.2) is 9.48 Å². The lowest BCUT2D eigenvalue weighted by atomic mass is 10.1. The van der Waals surface area contributed by atoms with Crippen LogP contribution < -0.4 is 16.1 Å². The first-order chi connectivity index (χ1) is 14.3. The molecule has 0 amide bonds. The Morgan fingerprint density at radius 3 is 2.47 bits per heavy atom. The Bertz CT molecular complexity index is 1380. The smallest absolute Gasteiger partial charge is 0.434 e. The molecule has 1 N–H and O–H groups in total. The first kappa shape index (κ1) is 19.9. The molecule has 0 saturated heterocycles. The number of nitrogens with zero attached hydrogens (tertiary/aromatic N) is 3. The van der Waals surface area contributed by atoms with Crippen molar-refractivity contribution in [3.63, 3.8) is 0 Å². The molecule has 0 aliphatic rings. The molecule has 2 aromatic heterocycles. The molecule has 4 aromatic rings. The SMILES string of the molecule is Cn1nc(Oc2c(Cl)cc(CC(=O)c3noc(=O)[nH]3)cc2Cl)c2ccccc2c1=O. The molecule has 4 rings (SSSR count). The van der Waals surface area contributed by atoms with E-state index in [1.54, 1.807) is 24.3 Å². The van der Waals surface area contributed by atoms with Gasteiger partial charge in [0.05, 0.1) is 20.8 Å². The number of ketones is 1. The summed E-state index contributed by atoms with van der Waals surface area (Å²) in [5, 5.41) is 8.71. The standard InChI is InChI=1S/C19H12Cl2N4O5/c1-25-18(27)11-5-3-2-4-10(11)17(23-25)29-15-12(20)6-9(7-13(15)21)8-14(26)16-22-19(28)30-24-16/h2-7H,8H2,1H3,(H,22,24,28). The van der Waals surface area contributed by atoms with E-state index in [9.17, 15) is 14.4 Å². The van der Waals surface area contributed by atoms with Gasteiger partial charge in [-0.3, -0.25) is 19.1 Å². The largest absolute Gasteiger partial charge is 0.439 e. The van der Waals surface area contributed by atoms with Gasteiger partial charge in [-0.15, -0.1) is 5.10 Å². The van der Waals surface area contributed by atoms with Crippen molar-refractivity contribution in [2.45, 2.75) is 6.42 Å². The average molecular weight is 447 g/mol. The number of hydrogen-bond donors (Lipinski definition) is 1. The fourth-order valence-electron chi connectivity index (χ4n) is 2.87. The van der Waals surface area contributed by atoms with Crippen molar-refractivity contribution in [1.29, 1.82) is 0 Å². The molecule has 30 heavy (non-hydrogen) atoms. The van der Waals surface area contributed by atoms with Crippen LogP contribution in [0.2, 0.25) is 10.0 Å². The second kappa shape index (κ2) is 7.77. The molecule has 0 saturated carbocycles. The van der Waals surface area contributed by atoms with Crippen LogP contribution in [0.3, 0.4) is 0 Å². The summed E-state index contributed by atoms with van der Waals surface area (Å²) >= 11 is 12.7. The molecule has 0 fully saturated rings. The van der Waals surface area contributed by atoms with Crippen LogP contribution in [0.25, 0.3) is 10.8 Å². The number of aryl methyl sites for hydroxylation is 1. The number of H-pyrrole nitrogens is 1. The monoisotopic (exact) mass is 446 g/mol. The number of carbonyl (C=O) groups excluding carboxylic acids is 1. The van der Waals surface area contributed by atoms with Gasteiger partial charge in [-0.2, -0.15) is 0 Å². The highest BCUT2D eigenvalue weighted by atomic mass is 35.5. The van der Waals surface area contributed by atoms with Gasteiger partial charge < -0.3 is 4.74 Å². The number of ether oxygens (including phenoxy) is 1. The summed E-state index contributed by atoms with van der Waals surface area (Å²) in [5.41, 5.74) is 0.208. The first-order valence-electron chi connectivity index (χ1n) is 8.54. The third-order valence-electron chi connectivity index (χ3n) is 4.25. The fraction of sp³-hybridized carbons (Fsp3) is 0.105. The van der Waals surface area contributed by atoms with Crippen LogP contribution in [0, 0.1) is 0 Å². The van der Waals surface area contributed by atoms with Gasteiger partial charge in [0.1, 0.15) is 0 Å². The zero-order chi connectivity index (χ0) is 21.4. The minimum atomic E-state index is -0.824. The van der Waals surface area contributed by atoms with E-state index >= 15 is 0 Å². The van der Waals surface area contributed by atoms with Gasteiger partial charge in [0.2, 0.25) is 17.5 Å². The number of Topliss-reactive ketones (excluding diaryl/α,β-unsaturated/α-hetero) is 1. The van der Waals surface area contributed by atoms with E-state index in [-0.39, 0.29) is 39.5 Å². The molecule has 11 heteroatoms. The molecular weight excluding hydrogens is 435 g/mol. The van der Waals surface area contributed by atoms with Gasteiger partial charge in [0, 0.05) is 13.5 Å². The Morgan fingerprint density at radius 1 is 1.17 bits per heavy atom. The highest BCUT2D eigenvalue weighted by Crippen LogP contribution is 2.38. The number of aromatic amines is 1. The average Bonchev–Trinajstić information content (AvgIpc) is 3.15. The molecule has 0 radical (unpaired) electrons. The van der Waals surface area contributed by atoms with E-state index in [0.717, 1.165) is 4.68 Å². The zero-order valence-corrected chi connectivity index (χ0v) is 16.8. The van der Waals surface area contributed by atoms with Crippen molar-refractivity contribution in [1.82, 2.24) is 19.9 Å². The molecule has 2 heterocycles. The molecule has 0 aliphatic heterocycles. The third kappa shape index (κ3) is 3.72. The molecule has 0 aliphatic carbocycles. The fourth-order valence-corrected chi connectivity index (χ4v) is 3.48. The van der Waals surface area contributed by atoms with Crippen LogP contribution in [0.1, 0.15) is 16.2 Å². The minimum Gasteiger partial charge on any atom is -0.434 e.